The van der Waals surface area contributed by atoms with Crippen LogP contribution in [0.3, 0.4) is 0 Å². The van der Waals surface area contributed by atoms with E-state index in [0.717, 1.165) is 46.9 Å². The molecule has 0 bridgehead atoms. The van der Waals surface area contributed by atoms with Crippen LogP contribution in [0.4, 0.5) is 0 Å². The van der Waals surface area contributed by atoms with Crippen LogP contribution in [0.2, 0.25) is 0 Å². The first-order chi connectivity index (χ1) is 15.2. The summed E-state index contributed by atoms with van der Waals surface area (Å²) in [5.74, 6) is 1.55. The van der Waals surface area contributed by atoms with Crippen molar-refractivity contribution in [1.29, 1.82) is 0 Å². The summed E-state index contributed by atoms with van der Waals surface area (Å²) in [6.07, 6.45) is 6.87. The zero-order valence-corrected chi connectivity index (χ0v) is 17.4. The lowest BCUT2D eigenvalue weighted by atomic mass is 10.0. The number of carbonyl (C=O) groups excluding carboxylic acids is 1. The van der Waals surface area contributed by atoms with Crippen molar-refractivity contribution in [1.82, 2.24) is 34.4 Å². The van der Waals surface area contributed by atoms with Gasteiger partial charge in [0.15, 0.2) is 5.82 Å². The van der Waals surface area contributed by atoms with Gasteiger partial charge in [-0.2, -0.15) is 5.10 Å². The highest BCUT2D eigenvalue weighted by Gasteiger charge is 2.30. The third kappa shape index (κ3) is 3.19. The third-order valence-corrected chi connectivity index (χ3v) is 6.36. The summed E-state index contributed by atoms with van der Waals surface area (Å²) >= 11 is 0. The van der Waals surface area contributed by atoms with Gasteiger partial charge in [-0.15, -0.1) is 10.2 Å². The van der Waals surface area contributed by atoms with Gasteiger partial charge in [-0.05, 0) is 43.0 Å². The Bertz CT molecular complexity index is 1300. The maximum Gasteiger partial charge on any atom is 0.254 e. The Morgan fingerprint density at radius 3 is 3.00 bits per heavy atom. The standard InChI is InChI=1S/C23H23N7O/c1-28-20-8-10-29(23(31)17-6-7-19-16(11-17)3-2-9-24-19)13-18(20)21(27-28)22-26-25-14-30(22)12-15-4-5-15/h2-3,6-7,9,11,14-15H,4-5,8,10,12-13H2,1H3. The second-order valence-corrected chi connectivity index (χ2v) is 8.54. The predicted molar refractivity (Wildman–Crippen MR) is 115 cm³/mol. The Morgan fingerprint density at radius 1 is 1.23 bits per heavy atom. The molecule has 3 aromatic heterocycles. The molecular weight excluding hydrogens is 390 g/mol. The molecule has 2 aliphatic rings. The minimum absolute atomic E-state index is 0.0330. The number of aromatic nitrogens is 6. The Morgan fingerprint density at radius 2 is 2.13 bits per heavy atom. The zero-order chi connectivity index (χ0) is 20.9. The first-order valence-corrected chi connectivity index (χ1v) is 10.7. The Kier molecular flexibility index (Phi) is 4.12. The number of carbonyl (C=O) groups is 1. The van der Waals surface area contributed by atoms with E-state index in [9.17, 15) is 4.79 Å². The second kappa shape index (κ2) is 7.01. The predicted octanol–water partition coefficient (Wildman–Crippen LogP) is 2.84. The molecule has 1 saturated carbocycles. The van der Waals surface area contributed by atoms with Crippen LogP contribution < -0.4 is 0 Å². The van der Waals surface area contributed by atoms with Crippen molar-refractivity contribution in [3.05, 3.63) is 59.7 Å². The number of amides is 1. The molecule has 6 rings (SSSR count). The topological polar surface area (TPSA) is 81.7 Å². The molecule has 1 amide bonds. The number of nitrogens with zero attached hydrogens (tertiary/aromatic N) is 7. The number of fused-ring (bicyclic) bond motifs is 2. The lowest BCUT2D eigenvalue weighted by Crippen LogP contribution is -2.36. The van der Waals surface area contributed by atoms with Gasteiger partial charge >= 0.3 is 0 Å². The fraction of sp³-hybridized carbons (Fsp3) is 0.348. The zero-order valence-electron chi connectivity index (χ0n) is 17.4. The molecule has 0 atom stereocenters. The van der Waals surface area contributed by atoms with Crippen molar-refractivity contribution < 1.29 is 4.79 Å². The van der Waals surface area contributed by atoms with Gasteiger partial charge in [-0.3, -0.25) is 14.5 Å². The van der Waals surface area contributed by atoms with Crippen molar-refractivity contribution in [3.63, 3.8) is 0 Å². The lowest BCUT2D eigenvalue weighted by molar-refractivity contribution is 0.0734. The monoisotopic (exact) mass is 413 g/mol. The second-order valence-electron chi connectivity index (χ2n) is 8.54. The number of aryl methyl sites for hydroxylation is 1. The highest BCUT2D eigenvalue weighted by Crippen LogP contribution is 2.34. The van der Waals surface area contributed by atoms with Crippen molar-refractivity contribution in [2.75, 3.05) is 6.54 Å². The van der Waals surface area contributed by atoms with Gasteiger partial charge in [-0.25, -0.2) is 0 Å². The van der Waals surface area contributed by atoms with Gasteiger partial charge in [-0.1, -0.05) is 6.07 Å². The van der Waals surface area contributed by atoms with Crippen molar-refractivity contribution >= 4 is 16.8 Å². The smallest absolute Gasteiger partial charge is 0.254 e. The number of hydrogen-bond acceptors (Lipinski definition) is 5. The molecule has 0 radical (unpaired) electrons. The van der Waals surface area contributed by atoms with Crippen LogP contribution in [-0.2, 0) is 26.6 Å². The van der Waals surface area contributed by atoms with Crippen LogP contribution in [0.1, 0.15) is 34.5 Å². The van der Waals surface area contributed by atoms with Crippen molar-refractivity contribution in [2.24, 2.45) is 13.0 Å². The van der Waals surface area contributed by atoms with Crippen LogP contribution in [0, 0.1) is 5.92 Å². The van der Waals surface area contributed by atoms with E-state index < -0.39 is 0 Å². The summed E-state index contributed by atoms with van der Waals surface area (Å²) in [6.45, 7) is 2.13. The molecule has 0 saturated heterocycles. The highest BCUT2D eigenvalue weighted by molar-refractivity contribution is 5.98. The first kappa shape index (κ1) is 18.2. The van der Waals surface area contributed by atoms with Crippen LogP contribution in [0.15, 0.2) is 42.9 Å². The third-order valence-electron chi connectivity index (χ3n) is 6.36. The summed E-state index contributed by atoms with van der Waals surface area (Å²) in [5.41, 5.74) is 4.67. The van der Waals surface area contributed by atoms with E-state index in [-0.39, 0.29) is 5.91 Å². The Balaban J connectivity index is 1.32. The maximum atomic E-state index is 13.3. The fourth-order valence-electron chi connectivity index (χ4n) is 4.49. The first-order valence-electron chi connectivity index (χ1n) is 10.7. The number of pyridine rings is 1. The number of rotatable bonds is 4. The van der Waals surface area contributed by atoms with Crippen LogP contribution in [-0.4, -0.2) is 46.9 Å². The van der Waals surface area contributed by atoms with Gasteiger partial charge in [0.2, 0.25) is 0 Å². The number of benzene rings is 1. The summed E-state index contributed by atoms with van der Waals surface area (Å²) < 4.78 is 4.04. The molecule has 31 heavy (non-hydrogen) atoms. The summed E-state index contributed by atoms with van der Waals surface area (Å²) in [4.78, 5) is 19.6. The summed E-state index contributed by atoms with van der Waals surface area (Å²) in [7, 11) is 1.97. The van der Waals surface area contributed by atoms with Crippen molar-refractivity contribution in [3.8, 4) is 11.5 Å². The summed E-state index contributed by atoms with van der Waals surface area (Å²) in [5, 5.41) is 14.3. The quantitative estimate of drug-likeness (QED) is 0.514. The van der Waals surface area contributed by atoms with Gasteiger partial charge in [0.1, 0.15) is 12.0 Å². The lowest BCUT2D eigenvalue weighted by Gasteiger charge is -2.28. The van der Waals surface area contributed by atoms with E-state index in [1.165, 1.54) is 18.5 Å². The molecule has 0 N–H and O–H groups in total. The molecule has 8 heteroatoms. The SMILES string of the molecule is Cn1nc(-c2nncn2CC2CC2)c2c1CCN(C(=O)c1ccc3ncccc3c1)C2. The normalized spacial score (nSPS) is 16.0. The molecule has 1 aliphatic heterocycles. The van der Waals surface area contributed by atoms with E-state index in [1.54, 1.807) is 12.5 Å². The molecule has 1 aromatic carbocycles. The summed E-state index contributed by atoms with van der Waals surface area (Å²) in [6, 6.07) is 9.58. The molecule has 4 aromatic rings. The van der Waals surface area contributed by atoms with E-state index in [0.29, 0.717) is 18.7 Å². The average molecular weight is 413 g/mol. The largest absolute Gasteiger partial charge is 0.334 e. The van der Waals surface area contributed by atoms with Gasteiger partial charge in [0.05, 0.1) is 12.1 Å². The van der Waals surface area contributed by atoms with Crippen LogP contribution in [0.25, 0.3) is 22.4 Å². The molecule has 1 aliphatic carbocycles. The minimum atomic E-state index is 0.0330. The maximum absolute atomic E-state index is 13.3. The average Bonchev–Trinajstić information content (AvgIpc) is 3.41. The Labute approximate surface area is 179 Å². The van der Waals surface area contributed by atoms with Crippen LogP contribution >= 0.6 is 0 Å². The fourth-order valence-corrected chi connectivity index (χ4v) is 4.49. The molecule has 0 spiro atoms. The molecule has 0 unspecified atom stereocenters. The van der Waals surface area contributed by atoms with Crippen LogP contribution in [0.5, 0.6) is 0 Å². The molecule has 1 fully saturated rings. The van der Waals surface area contributed by atoms with Crippen molar-refractivity contribution in [2.45, 2.75) is 32.4 Å². The van der Waals surface area contributed by atoms with E-state index in [2.05, 4.69) is 19.7 Å². The van der Waals surface area contributed by atoms with E-state index in [4.69, 9.17) is 5.10 Å². The van der Waals surface area contributed by atoms with Gasteiger partial charge < -0.3 is 9.47 Å². The minimum Gasteiger partial charge on any atom is -0.334 e. The van der Waals surface area contributed by atoms with E-state index in [1.807, 2.05) is 47.0 Å². The van der Waals surface area contributed by atoms with Gasteiger partial charge in [0.25, 0.3) is 5.91 Å². The number of hydrogen-bond donors (Lipinski definition) is 0. The molecular formula is C23H23N7O. The molecule has 156 valence electrons. The van der Waals surface area contributed by atoms with Gasteiger partial charge in [0, 0.05) is 55.0 Å². The molecule has 4 heterocycles. The molecule has 8 nitrogen and oxygen atoms in total. The highest BCUT2D eigenvalue weighted by atomic mass is 16.2. The van der Waals surface area contributed by atoms with E-state index >= 15 is 0 Å². The Hall–Kier alpha value is -3.55.